The molecule has 0 fully saturated rings. The second kappa shape index (κ2) is 7.00. The maximum absolute atomic E-state index is 13.0. The first-order valence-corrected chi connectivity index (χ1v) is 8.76. The van der Waals surface area contributed by atoms with Crippen LogP contribution in [0.3, 0.4) is 0 Å². The number of rotatable bonds is 4. The van der Waals surface area contributed by atoms with E-state index in [2.05, 4.69) is 4.98 Å². The van der Waals surface area contributed by atoms with Crippen LogP contribution >= 0.6 is 0 Å². The first-order valence-electron chi connectivity index (χ1n) is 8.76. The summed E-state index contributed by atoms with van der Waals surface area (Å²) in [7, 11) is 0. The fraction of sp³-hybridized carbons (Fsp3) is 0.0870. The highest BCUT2D eigenvalue weighted by Crippen LogP contribution is 2.21. The molecule has 27 heavy (non-hydrogen) atoms. The zero-order valence-electron chi connectivity index (χ0n) is 14.9. The van der Waals surface area contributed by atoms with Gasteiger partial charge in [0.2, 0.25) is 0 Å². The molecule has 2 aromatic heterocycles. The van der Waals surface area contributed by atoms with E-state index in [1.54, 1.807) is 30.7 Å². The van der Waals surface area contributed by atoms with Gasteiger partial charge in [-0.05, 0) is 42.3 Å². The van der Waals surface area contributed by atoms with Gasteiger partial charge in [0.05, 0.1) is 12.1 Å². The number of carbonyl (C=O) groups is 1. The number of pyridine rings is 2. The minimum absolute atomic E-state index is 0.0266. The smallest absolute Gasteiger partial charge is 0.197 e. The summed E-state index contributed by atoms with van der Waals surface area (Å²) in [4.78, 5) is 29.8. The van der Waals surface area contributed by atoms with E-state index >= 15 is 0 Å². The molecule has 2 heterocycles. The summed E-state index contributed by atoms with van der Waals surface area (Å²) in [5.41, 5.74) is 3.76. The van der Waals surface area contributed by atoms with Crippen molar-refractivity contribution in [2.24, 2.45) is 0 Å². The highest BCUT2D eigenvalue weighted by atomic mass is 16.1. The molecule has 0 unspecified atom stereocenters. The number of fused-ring (bicyclic) bond motifs is 1. The summed E-state index contributed by atoms with van der Waals surface area (Å²) < 4.78 is 1.86. The van der Waals surface area contributed by atoms with Crippen LogP contribution in [0.15, 0.2) is 84.0 Å². The summed E-state index contributed by atoms with van der Waals surface area (Å²) in [6.07, 6.45) is 4.99. The number of ketones is 1. The van der Waals surface area contributed by atoms with Crippen molar-refractivity contribution in [3.05, 3.63) is 101 Å². The molecule has 0 aliphatic rings. The molecule has 2 aromatic carbocycles. The maximum Gasteiger partial charge on any atom is 0.197 e. The molecule has 0 saturated carbocycles. The monoisotopic (exact) mass is 354 g/mol. The number of hydrogen-bond acceptors (Lipinski definition) is 3. The third-order valence-electron chi connectivity index (χ3n) is 4.62. The number of nitrogens with zero attached hydrogens (tertiary/aromatic N) is 2. The van der Waals surface area contributed by atoms with Crippen LogP contribution in [0.5, 0.6) is 0 Å². The van der Waals surface area contributed by atoms with E-state index in [1.807, 2.05) is 60.0 Å². The lowest BCUT2D eigenvalue weighted by Crippen LogP contribution is -2.16. The van der Waals surface area contributed by atoms with Gasteiger partial charge in [0, 0.05) is 35.1 Å². The molecule has 0 N–H and O–H groups in total. The molecular weight excluding hydrogens is 336 g/mol. The summed E-state index contributed by atoms with van der Waals surface area (Å²) in [5.74, 6) is -0.0476. The Morgan fingerprint density at radius 2 is 1.85 bits per heavy atom. The van der Waals surface area contributed by atoms with Gasteiger partial charge in [-0.1, -0.05) is 36.4 Å². The number of aromatic nitrogens is 2. The topological polar surface area (TPSA) is 52.0 Å². The minimum Gasteiger partial charge on any atom is -0.339 e. The van der Waals surface area contributed by atoms with Crippen molar-refractivity contribution in [3.63, 3.8) is 0 Å². The quantitative estimate of drug-likeness (QED) is 0.515. The van der Waals surface area contributed by atoms with E-state index < -0.39 is 0 Å². The molecular formula is C23H18N2O2. The van der Waals surface area contributed by atoms with Crippen LogP contribution in [-0.4, -0.2) is 15.3 Å². The van der Waals surface area contributed by atoms with Crippen LogP contribution in [-0.2, 0) is 6.54 Å². The van der Waals surface area contributed by atoms with E-state index in [1.165, 1.54) is 0 Å². The van der Waals surface area contributed by atoms with Crippen molar-refractivity contribution in [2.45, 2.75) is 13.5 Å². The van der Waals surface area contributed by atoms with Gasteiger partial charge in [-0.2, -0.15) is 0 Å². The Morgan fingerprint density at radius 3 is 2.59 bits per heavy atom. The Morgan fingerprint density at radius 1 is 1.04 bits per heavy atom. The number of carbonyl (C=O) groups excluding carboxylic acids is 1. The largest absolute Gasteiger partial charge is 0.339 e. The molecule has 132 valence electrons. The first-order chi connectivity index (χ1) is 13.1. The van der Waals surface area contributed by atoms with Crippen LogP contribution < -0.4 is 5.43 Å². The van der Waals surface area contributed by atoms with Crippen LogP contribution in [0, 0.1) is 6.92 Å². The molecule has 4 rings (SSSR count). The molecule has 0 aliphatic carbocycles. The number of hydrogen-bond donors (Lipinski definition) is 0. The molecule has 4 aromatic rings. The van der Waals surface area contributed by atoms with E-state index in [-0.39, 0.29) is 17.8 Å². The predicted molar refractivity (Wildman–Crippen MR) is 107 cm³/mol. The number of aryl methyl sites for hydroxylation is 1. The molecule has 0 bridgehead atoms. The highest BCUT2D eigenvalue weighted by Gasteiger charge is 2.14. The van der Waals surface area contributed by atoms with Gasteiger partial charge in [0.25, 0.3) is 0 Å². The van der Waals surface area contributed by atoms with Gasteiger partial charge in [-0.15, -0.1) is 0 Å². The molecule has 0 spiro atoms. The van der Waals surface area contributed by atoms with E-state index in [4.69, 9.17) is 0 Å². The van der Waals surface area contributed by atoms with Gasteiger partial charge in [-0.25, -0.2) is 0 Å². The molecule has 0 radical (unpaired) electrons. The van der Waals surface area contributed by atoms with Gasteiger partial charge in [0.15, 0.2) is 11.2 Å². The van der Waals surface area contributed by atoms with Gasteiger partial charge in [0.1, 0.15) is 0 Å². The Hall–Kier alpha value is -3.53. The third-order valence-corrected chi connectivity index (χ3v) is 4.62. The molecule has 0 amide bonds. The maximum atomic E-state index is 13.0. The van der Waals surface area contributed by atoms with Crippen LogP contribution in [0.25, 0.3) is 22.0 Å². The van der Waals surface area contributed by atoms with Gasteiger partial charge < -0.3 is 4.57 Å². The molecule has 4 heteroatoms. The average molecular weight is 354 g/mol. The molecule has 0 atom stereocenters. The van der Waals surface area contributed by atoms with Crippen molar-refractivity contribution in [1.82, 2.24) is 9.55 Å². The van der Waals surface area contributed by atoms with Crippen molar-refractivity contribution in [2.75, 3.05) is 0 Å². The normalized spacial score (nSPS) is 10.9. The predicted octanol–water partition coefficient (Wildman–Crippen LogP) is 4.25. The van der Waals surface area contributed by atoms with Crippen molar-refractivity contribution in [1.29, 1.82) is 0 Å². The Kier molecular flexibility index (Phi) is 4.38. The lowest BCUT2D eigenvalue weighted by molar-refractivity contribution is 0.0973. The first kappa shape index (κ1) is 16.9. The summed E-state index contributed by atoms with van der Waals surface area (Å²) in [6, 6.07) is 18.7. The van der Waals surface area contributed by atoms with E-state index in [0.29, 0.717) is 16.5 Å². The van der Waals surface area contributed by atoms with E-state index in [9.17, 15) is 9.59 Å². The highest BCUT2D eigenvalue weighted by molar-refractivity contribution is 5.96. The lowest BCUT2D eigenvalue weighted by atomic mass is 10.0. The zero-order chi connectivity index (χ0) is 18.8. The molecule has 0 saturated heterocycles. The van der Waals surface area contributed by atoms with Gasteiger partial charge in [-0.3, -0.25) is 14.6 Å². The minimum atomic E-state index is -0.0476. The summed E-state index contributed by atoms with van der Waals surface area (Å²) in [6.45, 7) is 2.12. The number of benzene rings is 2. The standard InChI is InChI=1S/C23H18N2O2/c1-16-9-10-19-21(12-16)25(15-22(26)18-8-5-11-24-13-18)14-20(23(19)27)17-6-3-2-4-7-17/h2-14H,15H2,1H3. The SMILES string of the molecule is Cc1ccc2c(=O)c(-c3ccccc3)cn(CC(=O)c3cccnc3)c2c1. The fourth-order valence-electron chi connectivity index (χ4n) is 3.23. The number of Topliss-reactive ketones (excluding diaryl/α,β-unsaturated/α-hetero) is 1. The van der Waals surface area contributed by atoms with Crippen LogP contribution in [0.2, 0.25) is 0 Å². The second-order valence-electron chi connectivity index (χ2n) is 6.55. The van der Waals surface area contributed by atoms with Gasteiger partial charge >= 0.3 is 0 Å². The fourth-order valence-corrected chi connectivity index (χ4v) is 3.23. The molecule has 0 aliphatic heterocycles. The van der Waals surface area contributed by atoms with Crippen molar-refractivity contribution < 1.29 is 4.79 Å². The van der Waals surface area contributed by atoms with E-state index in [0.717, 1.165) is 16.6 Å². The second-order valence-corrected chi connectivity index (χ2v) is 6.55. The average Bonchev–Trinajstić information content (AvgIpc) is 2.71. The molecule has 4 nitrogen and oxygen atoms in total. The Bertz CT molecular complexity index is 1180. The van der Waals surface area contributed by atoms with Crippen molar-refractivity contribution >= 4 is 16.7 Å². The lowest BCUT2D eigenvalue weighted by Gasteiger charge is -2.14. The zero-order valence-corrected chi connectivity index (χ0v) is 14.9. The third kappa shape index (κ3) is 3.29. The summed E-state index contributed by atoms with van der Waals surface area (Å²) in [5, 5.41) is 0.612. The van der Waals surface area contributed by atoms with Crippen LogP contribution in [0.4, 0.5) is 0 Å². The van der Waals surface area contributed by atoms with Crippen LogP contribution in [0.1, 0.15) is 15.9 Å². The summed E-state index contributed by atoms with van der Waals surface area (Å²) >= 11 is 0. The Balaban J connectivity index is 1.90. The Labute approximate surface area is 156 Å². The van der Waals surface area contributed by atoms with Crippen molar-refractivity contribution in [3.8, 4) is 11.1 Å².